The number of benzene rings is 1. The summed E-state index contributed by atoms with van der Waals surface area (Å²) < 4.78 is 29.1. The molecular formula is C16H14ClN3O2S. The molecule has 0 amide bonds. The van der Waals surface area contributed by atoms with Crippen LogP contribution in [0.25, 0.3) is 5.65 Å². The molecule has 0 fully saturated rings. The molecular weight excluding hydrogens is 334 g/mol. The number of aromatic nitrogens is 2. The zero-order valence-corrected chi connectivity index (χ0v) is 13.8. The predicted molar refractivity (Wildman–Crippen MR) is 87.9 cm³/mol. The fraction of sp³-hybridized carbons (Fsp3) is 0.188. The van der Waals surface area contributed by atoms with Crippen molar-refractivity contribution in [1.82, 2.24) is 13.7 Å². The van der Waals surface area contributed by atoms with E-state index < -0.39 is 10.0 Å². The van der Waals surface area contributed by atoms with Crippen molar-refractivity contribution >= 4 is 27.3 Å². The van der Waals surface area contributed by atoms with Crippen LogP contribution in [-0.2, 0) is 23.0 Å². The zero-order chi connectivity index (χ0) is 16.0. The molecule has 0 spiro atoms. The number of imidazole rings is 1. The smallest absolute Gasteiger partial charge is 0.243 e. The number of sulfonamides is 1. The van der Waals surface area contributed by atoms with Gasteiger partial charge in [-0.05, 0) is 36.4 Å². The highest BCUT2D eigenvalue weighted by atomic mass is 35.5. The summed E-state index contributed by atoms with van der Waals surface area (Å²) in [6, 6.07) is 12.0. The second-order valence-corrected chi connectivity index (χ2v) is 7.85. The van der Waals surface area contributed by atoms with Gasteiger partial charge < -0.3 is 4.40 Å². The maximum atomic E-state index is 12.8. The topological polar surface area (TPSA) is 54.7 Å². The number of hydrogen-bond acceptors (Lipinski definition) is 3. The first kappa shape index (κ1) is 14.7. The van der Waals surface area contributed by atoms with Crippen LogP contribution in [0.4, 0.5) is 0 Å². The second kappa shape index (κ2) is 5.33. The highest BCUT2D eigenvalue weighted by molar-refractivity contribution is 7.89. The standard InChI is InChI=1S/C16H14ClN3O2S/c17-12-4-6-13(7-5-12)23(21,22)19-10-8-14-15(11-19)20-9-2-1-3-16(20)18-14/h1-7,9H,8,10-11H2. The molecule has 0 saturated carbocycles. The van der Waals surface area contributed by atoms with E-state index in [-0.39, 0.29) is 4.90 Å². The van der Waals surface area contributed by atoms with Crippen LogP contribution in [0.3, 0.4) is 0 Å². The zero-order valence-electron chi connectivity index (χ0n) is 12.2. The number of hydrogen-bond donors (Lipinski definition) is 0. The molecule has 0 saturated heterocycles. The third-order valence-electron chi connectivity index (χ3n) is 4.09. The average molecular weight is 348 g/mol. The molecule has 4 rings (SSSR count). The van der Waals surface area contributed by atoms with Gasteiger partial charge in [-0.1, -0.05) is 17.7 Å². The largest absolute Gasteiger partial charge is 0.302 e. The van der Waals surface area contributed by atoms with E-state index in [9.17, 15) is 8.42 Å². The quantitative estimate of drug-likeness (QED) is 0.716. The van der Waals surface area contributed by atoms with Crippen molar-refractivity contribution in [3.8, 4) is 0 Å². The Labute approximate surface area is 139 Å². The molecule has 1 aromatic carbocycles. The summed E-state index contributed by atoms with van der Waals surface area (Å²) >= 11 is 5.85. The normalized spacial score (nSPS) is 15.7. The van der Waals surface area contributed by atoms with Crippen molar-refractivity contribution in [2.45, 2.75) is 17.9 Å². The molecule has 0 radical (unpaired) electrons. The lowest BCUT2D eigenvalue weighted by Crippen LogP contribution is -2.36. The first-order valence-corrected chi connectivity index (χ1v) is 9.08. The van der Waals surface area contributed by atoms with E-state index in [1.165, 1.54) is 4.31 Å². The van der Waals surface area contributed by atoms with Crippen molar-refractivity contribution < 1.29 is 8.42 Å². The van der Waals surface area contributed by atoms with Crippen LogP contribution in [-0.4, -0.2) is 28.7 Å². The van der Waals surface area contributed by atoms with Gasteiger partial charge in [0.1, 0.15) is 5.65 Å². The summed E-state index contributed by atoms with van der Waals surface area (Å²) in [5.41, 5.74) is 2.76. The van der Waals surface area contributed by atoms with E-state index in [4.69, 9.17) is 11.6 Å². The van der Waals surface area contributed by atoms with Gasteiger partial charge in [-0.3, -0.25) is 0 Å². The van der Waals surface area contributed by atoms with Crippen LogP contribution < -0.4 is 0 Å². The van der Waals surface area contributed by atoms with Gasteiger partial charge in [0.05, 0.1) is 22.8 Å². The van der Waals surface area contributed by atoms with Gasteiger partial charge in [0.15, 0.2) is 0 Å². The van der Waals surface area contributed by atoms with Crippen LogP contribution in [0.5, 0.6) is 0 Å². The third-order valence-corrected chi connectivity index (χ3v) is 6.20. The Morgan fingerprint density at radius 3 is 2.65 bits per heavy atom. The van der Waals surface area contributed by atoms with Gasteiger partial charge in [0.2, 0.25) is 10.0 Å². The molecule has 23 heavy (non-hydrogen) atoms. The summed E-state index contributed by atoms with van der Waals surface area (Å²) in [6.45, 7) is 0.757. The van der Waals surface area contributed by atoms with Crippen LogP contribution in [0.2, 0.25) is 5.02 Å². The number of halogens is 1. The number of fused-ring (bicyclic) bond motifs is 3. The summed E-state index contributed by atoms with van der Waals surface area (Å²) in [5.74, 6) is 0. The second-order valence-electron chi connectivity index (χ2n) is 5.48. The fourth-order valence-corrected chi connectivity index (χ4v) is 4.43. The highest BCUT2D eigenvalue weighted by Gasteiger charge is 2.30. The van der Waals surface area contributed by atoms with Gasteiger partial charge in [-0.15, -0.1) is 0 Å². The maximum Gasteiger partial charge on any atom is 0.243 e. The predicted octanol–water partition coefficient (Wildman–Crippen LogP) is 2.73. The molecule has 1 aliphatic heterocycles. The lowest BCUT2D eigenvalue weighted by atomic mass is 10.2. The lowest BCUT2D eigenvalue weighted by molar-refractivity contribution is 0.383. The van der Waals surface area contributed by atoms with E-state index in [1.54, 1.807) is 24.3 Å². The van der Waals surface area contributed by atoms with Gasteiger partial charge in [-0.25, -0.2) is 13.4 Å². The first-order valence-electron chi connectivity index (χ1n) is 7.26. The van der Waals surface area contributed by atoms with Crippen LogP contribution >= 0.6 is 11.6 Å². The summed E-state index contributed by atoms with van der Waals surface area (Å²) in [7, 11) is -3.53. The molecule has 0 unspecified atom stereocenters. The summed E-state index contributed by atoms with van der Waals surface area (Å²) in [4.78, 5) is 4.84. The molecule has 0 atom stereocenters. The molecule has 7 heteroatoms. The Bertz CT molecular complexity index is 980. The summed E-state index contributed by atoms with van der Waals surface area (Å²) in [6.07, 6.45) is 2.53. The minimum Gasteiger partial charge on any atom is -0.302 e. The third kappa shape index (κ3) is 2.43. The Hall–Kier alpha value is -1.89. The highest BCUT2D eigenvalue weighted by Crippen LogP contribution is 2.26. The van der Waals surface area contributed by atoms with Gasteiger partial charge in [0, 0.05) is 24.2 Å². The minimum absolute atomic E-state index is 0.263. The number of pyridine rings is 1. The number of nitrogens with zero attached hydrogens (tertiary/aromatic N) is 3. The van der Waals surface area contributed by atoms with Crippen LogP contribution in [0, 0.1) is 0 Å². The van der Waals surface area contributed by atoms with Crippen LogP contribution in [0.15, 0.2) is 53.6 Å². The molecule has 1 aliphatic rings. The molecule has 0 N–H and O–H groups in total. The van der Waals surface area contributed by atoms with E-state index in [1.807, 2.05) is 28.8 Å². The molecule has 5 nitrogen and oxygen atoms in total. The Kier molecular flexibility index (Phi) is 3.41. The van der Waals surface area contributed by atoms with Crippen molar-refractivity contribution in [3.63, 3.8) is 0 Å². The average Bonchev–Trinajstić information content (AvgIpc) is 2.93. The lowest BCUT2D eigenvalue weighted by Gasteiger charge is -2.26. The van der Waals surface area contributed by atoms with E-state index in [0.29, 0.717) is 24.5 Å². The molecule has 0 bridgehead atoms. The first-order chi connectivity index (χ1) is 11.1. The maximum absolute atomic E-state index is 12.8. The monoisotopic (exact) mass is 347 g/mol. The number of rotatable bonds is 2. The van der Waals surface area contributed by atoms with E-state index in [2.05, 4.69) is 4.98 Å². The molecule has 2 aromatic heterocycles. The Morgan fingerprint density at radius 2 is 1.87 bits per heavy atom. The van der Waals surface area contributed by atoms with Gasteiger partial charge in [-0.2, -0.15) is 4.31 Å². The Balaban J connectivity index is 1.73. The van der Waals surface area contributed by atoms with E-state index >= 15 is 0 Å². The molecule has 118 valence electrons. The van der Waals surface area contributed by atoms with E-state index in [0.717, 1.165) is 17.0 Å². The molecule has 0 aliphatic carbocycles. The van der Waals surface area contributed by atoms with Crippen molar-refractivity contribution in [1.29, 1.82) is 0 Å². The van der Waals surface area contributed by atoms with Gasteiger partial charge in [0.25, 0.3) is 0 Å². The fourth-order valence-electron chi connectivity index (χ4n) is 2.90. The Morgan fingerprint density at radius 1 is 1.09 bits per heavy atom. The van der Waals surface area contributed by atoms with Crippen molar-refractivity contribution in [3.05, 3.63) is 65.1 Å². The summed E-state index contributed by atoms with van der Waals surface area (Å²) in [5, 5.41) is 0.520. The van der Waals surface area contributed by atoms with Crippen molar-refractivity contribution in [2.75, 3.05) is 6.54 Å². The molecule has 3 aromatic rings. The van der Waals surface area contributed by atoms with Crippen LogP contribution in [0.1, 0.15) is 11.4 Å². The minimum atomic E-state index is -3.53. The van der Waals surface area contributed by atoms with Gasteiger partial charge >= 0.3 is 0 Å². The molecule has 3 heterocycles. The van der Waals surface area contributed by atoms with Crippen molar-refractivity contribution in [2.24, 2.45) is 0 Å². The SMILES string of the molecule is O=S(=O)(c1ccc(Cl)cc1)N1CCc2nc3ccccn3c2C1.